The van der Waals surface area contributed by atoms with Gasteiger partial charge < -0.3 is 10.6 Å². The van der Waals surface area contributed by atoms with E-state index in [-0.39, 0.29) is 10.7 Å². The van der Waals surface area contributed by atoms with E-state index in [0.717, 1.165) is 40.7 Å². The Morgan fingerprint density at radius 3 is 2.78 bits per heavy atom. The molecule has 1 aromatic rings. The van der Waals surface area contributed by atoms with Crippen LogP contribution < -0.4 is 5.73 Å². The minimum atomic E-state index is 0.137. The predicted molar refractivity (Wildman–Crippen MR) is 80.5 cm³/mol. The molecule has 0 unspecified atom stereocenters. The van der Waals surface area contributed by atoms with Gasteiger partial charge in [-0.25, -0.2) is 0 Å². The normalized spacial score (nSPS) is 19.6. The number of carbonyl (C=O) groups is 1. The molecule has 0 aliphatic carbocycles. The van der Waals surface area contributed by atoms with E-state index in [1.165, 1.54) is 11.3 Å². The van der Waals surface area contributed by atoms with Crippen molar-refractivity contribution in [2.24, 2.45) is 0 Å². The Kier molecular flexibility index (Phi) is 3.92. The highest BCUT2D eigenvalue weighted by Gasteiger charge is 2.27. The predicted octanol–water partition coefficient (Wildman–Crippen LogP) is 3.00. The molecule has 2 rings (SSSR count). The van der Waals surface area contributed by atoms with Gasteiger partial charge in [0.2, 0.25) is 0 Å². The average Bonchev–Trinajstić information content (AvgIpc) is 2.52. The largest absolute Gasteiger partial charge is 0.398 e. The van der Waals surface area contributed by atoms with Crippen molar-refractivity contribution < 1.29 is 4.79 Å². The van der Waals surface area contributed by atoms with E-state index in [1.54, 1.807) is 0 Å². The van der Waals surface area contributed by atoms with Crippen LogP contribution in [0.1, 0.15) is 34.8 Å². The van der Waals surface area contributed by atoms with Crippen molar-refractivity contribution in [1.29, 1.82) is 0 Å². The second-order valence-corrected chi connectivity index (χ2v) is 8.33. The summed E-state index contributed by atoms with van der Waals surface area (Å²) in [6.07, 6.45) is 1.04. The fraction of sp³-hybridized carbons (Fsp3) is 0.615. The standard InChI is InChI=1S/C13H20N2OS2/c1-9-10(14)8-11(18-9)12(16)15-5-4-13(2,3)17-7-6-15/h8H,4-7,14H2,1-3H3. The number of rotatable bonds is 1. The van der Waals surface area contributed by atoms with E-state index < -0.39 is 0 Å². The Morgan fingerprint density at radius 1 is 1.44 bits per heavy atom. The van der Waals surface area contributed by atoms with Gasteiger partial charge in [0.1, 0.15) is 0 Å². The molecule has 0 bridgehead atoms. The molecule has 3 nitrogen and oxygen atoms in total. The summed E-state index contributed by atoms with van der Waals surface area (Å²) >= 11 is 3.45. The second kappa shape index (κ2) is 5.13. The lowest BCUT2D eigenvalue weighted by atomic mass is 10.1. The molecule has 0 aromatic carbocycles. The van der Waals surface area contributed by atoms with Crippen molar-refractivity contribution >= 4 is 34.7 Å². The van der Waals surface area contributed by atoms with Crippen molar-refractivity contribution in [3.05, 3.63) is 15.8 Å². The summed E-state index contributed by atoms with van der Waals surface area (Å²) in [6.45, 7) is 8.13. The lowest BCUT2D eigenvalue weighted by Crippen LogP contribution is -2.33. The van der Waals surface area contributed by atoms with Crippen LogP contribution in [0.3, 0.4) is 0 Å². The van der Waals surface area contributed by atoms with Crippen LogP contribution in [0.25, 0.3) is 0 Å². The van der Waals surface area contributed by atoms with Crippen LogP contribution >= 0.6 is 23.1 Å². The number of amides is 1. The molecule has 1 fully saturated rings. The molecule has 18 heavy (non-hydrogen) atoms. The van der Waals surface area contributed by atoms with E-state index in [4.69, 9.17) is 5.73 Å². The maximum absolute atomic E-state index is 12.4. The molecule has 2 N–H and O–H groups in total. The zero-order valence-electron chi connectivity index (χ0n) is 11.2. The first-order chi connectivity index (χ1) is 8.39. The molecule has 0 atom stereocenters. The van der Waals surface area contributed by atoms with Gasteiger partial charge in [-0.05, 0) is 19.4 Å². The lowest BCUT2D eigenvalue weighted by Gasteiger charge is -2.22. The molecular formula is C13H20N2OS2. The maximum atomic E-state index is 12.4. The first kappa shape index (κ1) is 13.7. The Morgan fingerprint density at radius 2 is 2.17 bits per heavy atom. The van der Waals surface area contributed by atoms with Crippen LogP contribution in [0.5, 0.6) is 0 Å². The maximum Gasteiger partial charge on any atom is 0.264 e. The van der Waals surface area contributed by atoms with Gasteiger partial charge in [-0.3, -0.25) is 4.79 Å². The highest BCUT2D eigenvalue weighted by molar-refractivity contribution is 8.00. The third-order valence-corrected chi connectivity index (χ3v) is 5.72. The minimum absolute atomic E-state index is 0.137. The zero-order valence-corrected chi connectivity index (χ0v) is 12.8. The van der Waals surface area contributed by atoms with Gasteiger partial charge in [0, 0.05) is 34.2 Å². The second-order valence-electron chi connectivity index (χ2n) is 5.27. The van der Waals surface area contributed by atoms with E-state index in [2.05, 4.69) is 13.8 Å². The van der Waals surface area contributed by atoms with E-state index in [0.29, 0.717) is 0 Å². The Labute approximate surface area is 117 Å². The number of thioether (sulfide) groups is 1. The van der Waals surface area contributed by atoms with Gasteiger partial charge in [0.15, 0.2) is 0 Å². The molecule has 100 valence electrons. The summed E-state index contributed by atoms with van der Waals surface area (Å²) in [4.78, 5) is 16.2. The van der Waals surface area contributed by atoms with Crippen molar-refractivity contribution in [1.82, 2.24) is 4.90 Å². The summed E-state index contributed by atoms with van der Waals surface area (Å²) < 4.78 is 0.277. The summed E-state index contributed by atoms with van der Waals surface area (Å²) in [7, 11) is 0. The third-order valence-electron chi connectivity index (χ3n) is 3.29. The van der Waals surface area contributed by atoms with Crippen molar-refractivity contribution in [2.45, 2.75) is 31.9 Å². The van der Waals surface area contributed by atoms with Gasteiger partial charge >= 0.3 is 0 Å². The minimum Gasteiger partial charge on any atom is -0.398 e. The highest BCUT2D eigenvalue weighted by Crippen LogP contribution is 2.32. The van der Waals surface area contributed by atoms with E-state index in [1.807, 2.05) is 29.7 Å². The van der Waals surface area contributed by atoms with Crippen molar-refractivity contribution in [3.63, 3.8) is 0 Å². The van der Waals surface area contributed by atoms with Gasteiger partial charge in [0.25, 0.3) is 5.91 Å². The quantitative estimate of drug-likeness (QED) is 0.862. The monoisotopic (exact) mass is 284 g/mol. The number of nitrogens with zero attached hydrogens (tertiary/aromatic N) is 1. The lowest BCUT2D eigenvalue weighted by molar-refractivity contribution is 0.0769. The average molecular weight is 284 g/mol. The smallest absolute Gasteiger partial charge is 0.264 e. The first-order valence-electron chi connectivity index (χ1n) is 6.18. The number of thiophene rings is 1. The van der Waals surface area contributed by atoms with Gasteiger partial charge in [0.05, 0.1) is 4.88 Å². The number of nitrogen functional groups attached to an aromatic ring is 1. The van der Waals surface area contributed by atoms with Crippen LogP contribution in [0.15, 0.2) is 6.07 Å². The van der Waals surface area contributed by atoms with E-state index in [9.17, 15) is 4.79 Å². The van der Waals surface area contributed by atoms with Crippen molar-refractivity contribution in [3.8, 4) is 0 Å². The van der Waals surface area contributed by atoms with Gasteiger partial charge in [-0.15, -0.1) is 11.3 Å². The fourth-order valence-electron chi connectivity index (χ4n) is 1.98. The van der Waals surface area contributed by atoms with Gasteiger partial charge in [-0.2, -0.15) is 11.8 Å². The molecule has 1 aromatic heterocycles. The summed E-state index contributed by atoms with van der Waals surface area (Å²) in [5.74, 6) is 1.15. The number of carbonyl (C=O) groups excluding carboxylic acids is 1. The van der Waals surface area contributed by atoms with Gasteiger partial charge in [-0.1, -0.05) is 13.8 Å². The number of aryl methyl sites for hydroxylation is 1. The molecule has 1 amide bonds. The summed E-state index contributed by atoms with van der Waals surface area (Å²) in [5, 5.41) is 0. The Bertz CT molecular complexity index is 434. The first-order valence-corrected chi connectivity index (χ1v) is 7.98. The molecule has 1 aliphatic heterocycles. The van der Waals surface area contributed by atoms with Crippen LogP contribution in [0.4, 0.5) is 5.69 Å². The molecular weight excluding hydrogens is 264 g/mol. The van der Waals surface area contributed by atoms with Crippen LogP contribution in [-0.2, 0) is 0 Å². The number of anilines is 1. The highest BCUT2D eigenvalue weighted by atomic mass is 32.2. The fourth-order valence-corrected chi connectivity index (χ4v) is 3.99. The number of hydrogen-bond donors (Lipinski definition) is 1. The Hall–Kier alpha value is -0.680. The molecule has 1 aliphatic rings. The summed E-state index contributed by atoms with van der Waals surface area (Å²) in [5.41, 5.74) is 6.55. The number of nitrogens with two attached hydrogens (primary N) is 1. The molecule has 1 saturated heterocycles. The topological polar surface area (TPSA) is 46.3 Å². The number of hydrogen-bond acceptors (Lipinski definition) is 4. The molecule has 0 saturated carbocycles. The van der Waals surface area contributed by atoms with E-state index >= 15 is 0 Å². The van der Waals surface area contributed by atoms with Crippen molar-refractivity contribution in [2.75, 3.05) is 24.6 Å². The molecule has 5 heteroatoms. The van der Waals surface area contributed by atoms with Crippen LogP contribution in [-0.4, -0.2) is 34.4 Å². The Balaban J connectivity index is 2.09. The molecule has 0 radical (unpaired) electrons. The van der Waals surface area contributed by atoms with Crippen LogP contribution in [0.2, 0.25) is 0 Å². The molecule has 2 heterocycles. The zero-order chi connectivity index (χ0) is 13.3. The third kappa shape index (κ3) is 3.01. The van der Waals surface area contributed by atoms with Crippen LogP contribution in [0, 0.1) is 6.92 Å². The SMILES string of the molecule is Cc1sc(C(=O)N2CCSC(C)(C)CC2)cc1N. The summed E-state index contributed by atoms with van der Waals surface area (Å²) in [6, 6.07) is 1.81. The molecule has 0 spiro atoms.